The second-order valence-electron chi connectivity index (χ2n) is 3.49. The summed E-state index contributed by atoms with van der Waals surface area (Å²) in [7, 11) is 0. The largest absolute Gasteiger partial charge is 0.493 e. The first kappa shape index (κ1) is 10.2. The molecule has 2 aromatic rings. The van der Waals surface area contributed by atoms with Crippen molar-refractivity contribution >= 4 is 11.3 Å². The molecule has 0 amide bonds. The summed E-state index contributed by atoms with van der Waals surface area (Å²) in [5.74, 6) is 0.956. The van der Waals surface area contributed by atoms with Gasteiger partial charge in [0.1, 0.15) is 5.75 Å². The van der Waals surface area contributed by atoms with Crippen molar-refractivity contribution in [2.24, 2.45) is 0 Å². The zero-order valence-corrected chi connectivity index (χ0v) is 9.59. The molecule has 0 bridgehead atoms. The zero-order chi connectivity index (χ0) is 10.5. The lowest BCUT2D eigenvalue weighted by Crippen LogP contribution is -1.99. The highest BCUT2D eigenvalue weighted by Gasteiger charge is 1.95. The first-order valence-corrected chi connectivity index (χ1v) is 5.94. The molecule has 0 aliphatic heterocycles. The lowest BCUT2D eigenvalue weighted by molar-refractivity contribution is 0.323. The van der Waals surface area contributed by atoms with E-state index in [0.29, 0.717) is 0 Å². The molecule has 0 unspecified atom stereocenters. The molecular weight excluding hydrogens is 204 g/mol. The van der Waals surface area contributed by atoms with E-state index in [1.807, 2.05) is 12.1 Å². The fourth-order valence-corrected chi connectivity index (χ4v) is 2.05. The summed E-state index contributed by atoms with van der Waals surface area (Å²) in [5.41, 5.74) is 1.26. The Labute approximate surface area is 94.3 Å². The van der Waals surface area contributed by atoms with Crippen LogP contribution < -0.4 is 4.74 Å². The summed E-state index contributed by atoms with van der Waals surface area (Å²) in [6.07, 6.45) is 0.992. The van der Waals surface area contributed by atoms with Crippen molar-refractivity contribution in [2.75, 3.05) is 6.61 Å². The summed E-state index contributed by atoms with van der Waals surface area (Å²) in [6.45, 7) is 2.83. The Morgan fingerprint density at radius 3 is 2.60 bits per heavy atom. The van der Waals surface area contributed by atoms with E-state index < -0.39 is 0 Å². The van der Waals surface area contributed by atoms with Crippen molar-refractivity contribution in [3.8, 4) is 5.75 Å². The molecule has 0 fully saturated rings. The van der Waals surface area contributed by atoms with Gasteiger partial charge in [-0.25, -0.2) is 0 Å². The molecule has 0 spiro atoms. The molecular formula is C13H14OS. The Morgan fingerprint density at radius 2 is 1.93 bits per heavy atom. The van der Waals surface area contributed by atoms with Crippen molar-refractivity contribution < 1.29 is 4.74 Å². The van der Waals surface area contributed by atoms with Crippen LogP contribution in [0.4, 0.5) is 0 Å². The summed E-state index contributed by atoms with van der Waals surface area (Å²) in [6, 6.07) is 12.4. The molecule has 15 heavy (non-hydrogen) atoms. The van der Waals surface area contributed by atoms with Gasteiger partial charge in [-0.3, -0.25) is 0 Å². The lowest BCUT2D eigenvalue weighted by Gasteiger charge is -2.04. The van der Waals surface area contributed by atoms with E-state index >= 15 is 0 Å². The van der Waals surface area contributed by atoms with E-state index in [-0.39, 0.29) is 0 Å². The minimum absolute atomic E-state index is 0.754. The fourth-order valence-electron chi connectivity index (χ4n) is 1.36. The third-order valence-corrected chi connectivity index (χ3v) is 3.15. The van der Waals surface area contributed by atoms with Crippen LogP contribution in [0.1, 0.15) is 10.4 Å². The van der Waals surface area contributed by atoms with Crippen LogP contribution in [0.15, 0.2) is 41.8 Å². The number of rotatable bonds is 4. The maximum Gasteiger partial charge on any atom is 0.119 e. The monoisotopic (exact) mass is 218 g/mol. The normalized spacial score (nSPS) is 10.2. The highest BCUT2D eigenvalue weighted by Crippen LogP contribution is 2.13. The van der Waals surface area contributed by atoms with E-state index in [4.69, 9.17) is 4.74 Å². The molecule has 0 saturated heterocycles. The van der Waals surface area contributed by atoms with Crippen LogP contribution >= 0.6 is 11.3 Å². The number of hydrogen-bond donors (Lipinski definition) is 0. The van der Waals surface area contributed by atoms with Gasteiger partial charge in [0.2, 0.25) is 0 Å². The second kappa shape index (κ2) is 4.99. The molecule has 0 aliphatic carbocycles. The van der Waals surface area contributed by atoms with Crippen molar-refractivity contribution in [3.05, 3.63) is 52.2 Å². The predicted octanol–water partition coefficient (Wildman–Crippen LogP) is 3.68. The maximum absolute atomic E-state index is 5.64. The molecule has 1 aromatic carbocycles. The lowest BCUT2D eigenvalue weighted by atomic mass is 10.2. The Morgan fingerprint density at radius 1 is 1.13 bits per heavy atom. The summed E-state index contributed by atoms with van der Waals surface area (Å²) in [5, 5.41) is 2.10. The highest BCUT2D eigenvalue weighted by molar-refractivity contribution is 7.09. The fraction of sp³-hybridized carbons (Fsp3) is 0.231. The Balaban J connectivity index is 1.81. The second-order valence-corrected chi connectivity index (χ2v) is 4.52. The van der Waals surface area contributed by atoms with Crippen LogP contribution in [0.3, 0.4) is 0 Å². The van der Waals surface area contributed by atoms with E-state index in [1.54, 1.807) is 11.3 Å². The minimum atomic E-state index is 0.754. The highest BCUT2D eigenvalue weighted by atomic mass is 32.1. The van der Waals surface area contributed by atoms with Crippen LogP contribution in [-0.2, 0) is 6.42 Å². The van der Waals surface area contributed by atoms with Gasteiger partial charge in [0, 0.05) is 11.3 Å². The number of thiophene rings is 1. The molecule has 0 radical (unpaired) electrons. The van der Waals surface area contributed by atoms with E-state index in [9.17, 15) is 0 Å². The van der Waals surface area contributed by atoms with Gasteiger partial charge in [0.05, 0.1) is 6.61 Å². The van der Waals surface area contributed by atoms with Crippen LogP contribution in [0.25, 0.3) is 0 Å². The third kappa shape index (κ3) is 3.10. The first-order chi connectivity index (χ1) is 7.34. The van der Waals surface area contributed by atoms with Gasteiger partial charge in [0.15, 0.2) is 0 Å². The number of benzene rings is 1. The topological polar surface area (TPSA) is 9.23 Å². The van der Waals surface area contributed by atoms with Gasteiger partial charge < -0.3 is 4.74 Å². The molecule has 1 heterocycles. The number of hydrogen-bond acceptors (Lipinski definition) is 2. The Kier molecular flexibility index (Phi) is 3.41. The van der Waals surface area contributed by atoms with Crippen LogP contribution in [0, 0.1) is 6.92 Å². The smallest absolute Gasteiger partial charge is 0.119 e. The Bertz CT molecular complexity index is 389. The maximum atomic E-state index is 5.64. The Hall–Kier alpha value is -1.28. The van der Waals surface area contributed by atoms with E-state index in [1.165, 1.54) is 10.4 Å². The molecule has 2 heteroatoms. The van der Waals surface area contributed by atoms with Crippen LogP contribution in [-0.4, -0.2) is 6.61 Å². The third-order valence-electron chi connectivity index (χ3n) is 2.22. The average Bonchev–Trinajstić information content (AvgIpc) is 2.74. The average molecular weight is 218 g/mol. The minimum Gasteiger partial charge on any atom is -0.493 e. The predicted molar refractivity (Wildman–Crippen MR) is 64.7 cm³/mol. The zero-order valence-electron chi connectivity index (χ0n) is 8.77. The molecule has 0 saturated carbocycles. The van der Waals surface area contributed by atoms with Crippen molar-refractivity contribution in [3.63, 3.8) is 0 Å². The number of aryl methyl sites for hydroxylation is 1. The number of ether oxygens (including phenoxy) is 1. The van der Waals surface area contributed by atoms with Gasteiger partial charge in [0.25, 0.3) is 0 Å². The van der Waals surface area contributed by atoms with E-state index in [2.05, 4.69) is 36.6 Å². The summed E-state index contributed by atoms with van der Waals surface area (Å²) >= 11 is 1.78. The van der Waals surface area contributed by atoms with Crippen molar-refractivity contribution in [1.82, 2.24) is 0 Å². The van der Waals surface area contributed by atoms with E-state index in [0.717, 1.165) is 18.8 Å². The molecule has 2 rings (SSSR count). The van der Waals surface area contributed by atoms with Gasteiger partial charge in [-0.2, -0.15) is 0 Å². The molecule has 0 atom stereocenters. The quantitative estimate of drug-likeness (QED) is 0.760. The van der Waals surface area contributed by atoms with Crippen molar-refractivity contribution in [1.29, 1.82) is 0 Å². The standard InChI is InChI=1S/C13H14OS/c1-11-4-6-12(7-5-11)14-9-8-13-3-2-10-15-13/h2-7,10H,8-9H2,1H3. The SMILES string of the molecule is Cc1ccc(OCCc2cccs2)cc1. The van der Waals surface area contributed by atoms with Crippen LogP contribution in [0.2, 0.25) is 0 Å². The summed E-state index contributed by atoms with van der Waals surface area (Å²) < 4.78 is 5.64. The van der Waals surface area contributed by atoms with Gasteiger partial charge >= 0.3 is 0 Å². The van der Waals surface area contributed by atoms with Gasteiger partial charge in [-0.15, -0.1) is 11.3 Å². The molecule has 78 valence electrons. The molecule has 0 aliphatic rings. The van der Waals surface area contributed by atoms with Crippen LogP contribution in [0.5, 0.6) is 5.75 Å². The van der Waals surface area contributed by atoms with Gasteiger partial charge in [-0.05, 0) is 30.5 Å². The molecule has 1 nitrogen and oxygen atoms in total. The summed E-state index contributed by atoms with van der Waals surface area (Å²) in [4.78, 5) is 1.38. The first-order valence-electron chi connectivity index (χ1n) is 5.06. The molecule has 1 aromatic heterocycles. The van der Waals surface area contributed by atoms with Gasteiger partial charge in [-0.1, -0.05) is 23.8 Å². The van der Waals surface area contributed by atoms with Crippen molar-refractivity contribution in [2.45, 2.75) is 13.3 Å². The molecule has 0 N–H and O–H groups in total.